The van der Waals surface area contributed by atoms with Gasteiger partial charge in [-0.1, -0.05) is 55.5 Å². The maximum absolute atomic E-state index is 12.5. The summed E-state index contributed by atoms with van der Waals surface area (Å²) in [5.41, 5.74) is 2.48. The average molecular weight is 379 g/mol. The standard InChI is InChI=1S/C25H34N2O/c1-2-25(28)27(24-16-7-4-8-17-24)21-23-15-11-19-26(20-23)18-10-9-14-22-12-5-3-6-13-22/h3-8,12-13,16-17,23H,2,9-11,14-15,18-21H2,1H3. The van der Waals surface area contributed by atoms with Gasteiger partial charge in [0, 0.05) is 25.2 Å². The molecule has 3 rings (SSSR count). The van der Waals surface area contributed by atoms with Gasteiger partial charge in [-0.2, -0.15) is 0 Å². The normalized spacial score (nSPS) is 17.4. The van der Waals surface area contributed by atoms with Crippen molar-refractivity contribution in [2.75, 3.05) is 31.1 Å². The maximum Gasteiger partial charge on any atom is 0.226 e. The van der Waals surface area contributed by atoms with E-state index in [9.17, 15) is 4.79 Å². The summed E-state index contributed by atoms with van der Waals surface area (Å²) in [5.74, 6) is 0.796. The molecule has 0 saturated carbocycles. The summed E-state index contributed by atoms with van der Waals surface area (Å²) in [4.78, 5) is 17.1. The molecule has 150 valence electrons. The molecule has 2 aromatic rings. The number of anilines is 1. The molecule has 0 bridgehead atoms. The van der Waals surface area contributed by atoms with E-state index in [-0.39, 0.29) is 5.91 Å². The van der Waals surface area contributed by atoms with Gasteiger partial charge in [0.2, 0.25) is 5.91 Å². The van der Waals surface area contributed by atoms with Gasteiger partial charge in [-0.3, -0.25) is 4.79 Å². The Kier molecular flexibility index (Phi) is 8.10. The third-order valence-electron chi connectivity index (χ3n) is 5.75. The van der Waals surface area contributed by atoms with Crippen LogP contribution in [0.3, 0.4) is 0 Å². The average Bonchev–Trinajstić information content (AvgIpc) is 2.76. The number of aryl methyl sites for hydroxylation is 1. The zero-order valence-corrected chi connectivity index (χ0v) is 17.2. The van der Waals surface area contributed by atoms with Crippen LogP contribution in [0.4, 0.5) is 5.69 Å². The number of piperidine rings is 1. The molecule has 1 aliphatic heterocycles. The summed E-state index contributed by atoms with van der Waals surface area (Å²) < 4.78 is 0. The van der Waals surface area contributed by atoms with Gasteiger partial charge in [0.05, 0.1) is 0 Å². The highest BCUT2D eigenvalue weighted by Crippen LogP contribution is 2.22. The number of likely N-dealkylation sites (tertiary alicyclic amines) is 1. The molecule has 2 aromatic carbocycles. The molecule has 1 saturated heterocycles. The van der Waals surface area contributed by atoms with Gasteiger partial charge in [-0.05, 0) is 68.8 Å². The smallest absolute Gasteiger partial charge is 0.226 e. The lowest BCUT2D eigenvalue weighted by molar-refractivity contribution is -0.118. The van der Waals surface area contributed by atoms with E-state index in [2.05, 4.69) is 47.4 Å². The van der Waals surface area contributed by atoms with Crippen molar-refractivity contribution < 1.29 is 4.79 Å². The minimum Gasteiger partial charge on any atom is -0.312 e. The summed E-state index contributed by atoms with van der Waals surface area (Å²) in [6, 6.07) is 20.9. The van der Waals surface area contributed by atoms with E-state index in [1.807, 2.05) is 30.0 Å². The van der Waals surface area contributed by atoms with E-state index in [4.69, 9.17) is 0 Å². The highest BCUT2D eigenvalue weighted by molar-refractivity contribution is 5.93. The molecule has 0 aliphatic carbocycles. The molecule has 28 heavy (non-hydrogen) atoms. The molecule has 0 spiro atoms. The van der Waals surface area contributed by atoms with Gasteiger partial charge in [0.1, 0.15) is 0 Å². The van der Waals surface area contributed by atoms with E-state index < -0.39 is 0 Å². The fraction of sp³-hybridized carbons (Fsp3) is 0.480. The second-order valence-corrected chi connectivity index (χ2v) is 7.95. The largest absolute Gasteiger partial charge is 0.312 e. The number of carbonyl (C=O) groups excluding carboxylic acids is 1. The number of para-hydroxylation sites is 1. The number of unbranched alkanes of at least 4 members (excludes halogenated alkanes) is 1. The van der Waals surface area contributed by atoms with Crippen LogP contribution in [0.2, 0.25) is 0 Å². The molecule has 1 heterocycles. The van der Waals surface area contributed by atoms with Crippen molar-refractivity contribution in [3.05, 3.63) is 66.2 Å². The Labute approximate surface area is 170 Å². The van der Waals surface area contributed by atoms with E-state index in [1.165, 1.54) is 50.8 Å². The van der Waals surface area contributed by atoms with Gasteiger partial charge < -0.3 is 9.80 Å². The Hall–Kier alpha value is -2.13. The van der Waals surface area contributed by atoms with Crippen LogP contribution in [0, 0.1) is 5.92 Å². The zero-order valence-electron chi connectivity index (χ0n) is 17.2. The fourth-order valence-corrected chi connectivity index (χ4v) is 4.22. The van der Waals surface area contributed by atoms with Crippen molar-refractivity contribution in [1.29, 1.82) is 0 Å². The van der Waals surface area contributed by atoms with Crippen LogP contribution in [-0.4, -0.2) is 37.0 Å². The molecular formula is C25H34N2O. The molecular weight excluding hydrogens is 344 g/mol. The molecule has 1 unspecified atom stereocenters. The van der Waals surface area contributed by atoms with Gasteiger partial charge in [0.25, 0.3) is 0 Å². The van der Waals surface area contributed by atoms with Gasteiger partial charge in [0.15, 0.2) is 0 Å². The molecule has 0 N–H and O–H groups in total. The van der Waals surface area contributed by atoms with E-state index in [0.29, 0.717) is 12.3 Å². The lowest BCUT2D eigenvalue weighted by Crippen LogP contribution is -2.43. The molecule has 1 aliphatic rings. The Balaban J connectivity index is 1.47. The Bertz CT molecular complexity index is 701. The lowest BCUT2D eigenvalue weighted by atomic mass is 9.96. The Morgan fingerprint density at radius 2 is 1.75 bits per heavy atom. The van der Waals surface area contributed by atoms with Crippen LogP contribution in [0.15, 0.2) is 60.7 Å². The third kappa shape index (κ3) is 6.20. The molecule has 3 heteroatoms. The van der Waals surface area contributed by atoms with E-state index >= 15 is 0 Å². The van der Waals surface area contributed by atoms with E-state index in [0.717, 1.165) is 18.8 Å². The van der Waals surface area contributed by atoms with Crippen molar-refractivity contribution in [2.24, 2.45) is 5.92 Å². The first kappa shape index (κ1) is 20.6. The first-order chi connectivity index (χ1) is 13.8. The van der Waals surface area contributed by atoms with Crippen LogP contribution in [0.5, 0.6) is 0 Å². The second-order valence-electron chi connectivity index (χ2n) is 7.95. The van der Waals surface area contributed by atoms with Crippen LogP contribution in [0.25, 0.3) is 0 Å². The minimum atomic E-state index is 0.228. The number of rotatable bonds is 9. The second kappa shape index (κ2) is 11.0. The monoisotopic (exact) mass is 378 g/mol. The SMILES string of the molecule is CCC(=O)N(CC1CCCN(CCCCc2ccccc2)C1)c1ccccc1. The summed E-state index contributed by atoms with van der Waals surface area (Å²) in [6.45, 7) is 6.30. The number of hydrogen-bond acceptors (Lipinski definition) is 2. The molecule has 3 nitrogen and oxygen atoms in total. The van der Waals surface area contributed by atoms with Crippen LogP contribution in [-0.2, 0) is 11.2 Å². The van der Waals surface area contributed by atoms with Crippen molar-refractivity contribution in [2.45, 2.75) is 45.4 Å². The van der Waals surface area contributed by atoms with Crippen LogP contribution in [0.1, 0.15) is 44.6 Å². The van der Waals surface area contributed by atoms with E-state index in [1.54, 1.807) is 0 Å². The number of nitrogens with zero attached hydrogens (tertiary/aromatic N) is 2. The Morgan fingerprint density at radius 1 is 1.04 bits per heavy atom. The quantitative estimate of drug-likeness (QED) is 0.562. The lowest BCUT2D eigenvalue weighted by Gasteiger charge is -2.35. The molecule has 1 amide bonds. The fourth-order valence-electron chi connectivity index (χ4n) is 4.22. The predicted molar refractivity (Wildman–Crippen MR) is 118 cm³/mol. The molecule has 0 aromatic heterocycles. The number of carbonyl (C=O) groups is 1. The summed E-state index contributed by atoms with van der Waals surface area (Å²) >= 11 is 0. The first-order valence-electron chi connectivity index (χ1n) is 10.9. The van der Waals surface area contributed by atoms with Crippen molar-refractivity contribution >= 4 is 11.6 Å². The Morgan fingerprint density at radius 3 is 2.46 bits per heavy atom. The van der Waals surface area contributed by atoms with Gasteiger partial charge >= 0.3 is 0 Å². The third-order valence-corrected chi connectivity index (χ3v) is 5.75. The van der Waals surface area contributed by atoms with Gasteiger partial charge in [-0.25, -0.2) is 0 Å². The number of amides is 1. The summed E-state index contributed by atoms with van der Waals surface area (Å²) in [7, 11) is 0. The topological polar surface area (TPSA) is 23.6 Å². The van der Waals surface area contributed by atoms with Crippen molar-refractivity contribution in [3.8, 4) is 0 Å². The number of benzene rings is 2. The molecule has 0 radical (unpaired) electrons. The molecule has 1 fully saturated rings. The highest BCUT2D eigenvalue weighted by Gasteiger charge is 2.24. The van der Waals surface area contributed by atoms with Crippen LogP contribution >= 0.6 is 0 Å². The van der Waals surface area contributed by atoms with Gasteiger partial charge in [-0.15, -0.1) is 0 Å². The summed E-state index contributed by atoms with van der Waals surface area (Å²) in [6.07, 6.45) is 6.69. The maximum atomic E-state index is 12.5. The summed E-state index contributed by atoms with van der Waals surface area (Å²) in [5, 5.41) is 0. The zero-order chi connectivity index (χ0) is 19.6. The minimum absolute atomic E-state index is 0.228. The molecule has 1 atom stereocenters. The van der Waals surface area contributed by atoms with Crippen molar-refractivity contribution in [1.82, 2.24) is 4.90 Å². The highest BCUT2D eigenvalue weighted by atomic mass is 16.2. The van der Waals surface area contributed by atoms with Crippen molar-refractivity contribution in [3.63, 3.8) is 0 Å². The predicted octanol–water partition coefficient (Wildman–Crippen LogP) is 5.16. The number of hydrogen-bond donors (Lipinski definition) is 0. The van der Waals surface area contributed by atoms with Crippen LogP contribution < -0.4 is 4.90 Å². The first-order valence-corrected chi connectivity index (χ1v) is 10.9.